The number of aromatic carboxylic acids is 1. The van der Waals surface area contributed by atoms with E-state index in [4.69, 9.17) is 14.6 Å². The second-order valence-electron chi connectivity index (χ2n) is 3.54. The van der Waals surface area contributed by atoms with Crippen molar-refractivity contribution < 1.29 is 24.2 Å². The lowest BCUT2D eigenvalue weighted by molar-refractivity contribution is -0.135. The summed E-state index contributed by atoms with van der Waals surface area (Å²) in [7, 11) is 0. The van der Waals surface area contributed by atoms with Crippen LogP contribution in [-0.2, 0) is 4.79 Å². The molecule has 2 rings (SSSR count). The lowest BCUT2D eigenvalue weighted by Crippen LogP contribution is -1.91. The minimum Gasteiger partial charge on any atom is -0.481 e. The number of hydrogen-bond acceptors (Lipinski definition) is 3. The smallest absolute Gasteiger partial charge is 0.371 e. The molecule has 5 heteroatoms. The number of fused-ring (bicyclic) bond motifs is 1. The fraction of sp³-hybridized carbons (Fsp3) is 0.0769. The topological polar surface area (TPSA) is 87.7 Å². The van der Waals surface area contributed by atoms with Gasteiger partial charge in [-0.1, -0.05) is 11.8 Å². The molecule has 0 aliphatic carbocycles. The van der Waals surface area contributed by atoms with E-state index in [9.17, 15) is 9.59 Å². The van der Waals surface area contributed by atoms with E-state index >= 15 is 0 Å². The fourth-order valence-corrected chi connectivity index (χ4v) is 1.45. The highest BCUT2D eigenvalue weighted by Crippen LogP contribution is 2.20. The molecule has 5 nitrogen and oxygen atoms in total. The molecule has 0 fully saturated rings. The monoisotopic (exact) mass is 244 g/mol. The van der Waals surface area contributed by atoms with Gasteiger partial charge in [0.05, 0.1) is 0 Å². The van der Waals surface area contributed by atoms with Crippen LogP contribution in [0.1, 0.15) is 22.5 Å². The number of furan rings is 1. The number of rotatable bonds is 2. The number of carboxylic acids is 2. The predicted molar refractivity (Wildman–Crippen MR) is 62.3 cm³/mol. The first-order valence-electron chi connectivity index (χ1n) is 5.04. The van der Waals surface area contributed by atoms with E-state index in [1.165, 1.54) is 6.07 Å². The molecule has 0 bridgehead atoms. The van der Waals surface area contributed by atoms with Gasteiger partial charge in [0.25, 0.3) is 0 Å². The average Bonchev–Trinajstić information content (AvgIpc) is 2.71. The van der Waals surface area contributed by atoms with Gasteiger partial charge in [-0.15, -0.1) is 0 Å². The molecule has 90 valence electrons. The van der Waals surface area contributed by atoms with Gasteiger partial charge in [0.15, 0.2) is 0 Å². The van der Waals surface area contributed by atoms with Gasteiger partial charge < -0.3 is 14.6 Å². The molecule has 0 saturated heterocycles. The maximum absolute atomic E-state index is 10.7. The van der Waals surface area contributed by atoms with E-state index in [2.05, 4.69) is 11.8 Å². The molecule has 0 amide bonds. The van der Waals surface area contributed by atoms with Crippen molar-refractivity contribution in [3.8, 4) is 11.8 Å². The minimum atomic E-state index is -1.13. The maximum atomic E-state index is 10.7. The largest absolute Gasteiger partial charge is 0.481 e. The summed E-state index contributed by atoms with van der Waals surface area (Å²) in [5, 5.41) is 17.8. The molecular weight excluding hydrogens is 236 g/mol. The first-order valence-corrected chi connectivity index (χ1v) is 5.04. The minimum absolute atomic E-state index is 0.138. The molecule has 0 unspecified atom stereocenters. The molecule has 2 aromatic rings. The Bertz CT molecular complexity index is 684. The van der Waals surface area contributed by atoms with Gasteiger partial charge in [0, 0.05) is 10.9 Å². The third kappa shape index (κ3) is 2.50. The number of carboxylic acid groups (broad SMARTS) is 2. The van der Waals surface area contributed by atoms with Crippen LogP contribution in [0.2, 0.25) is 0 Å². The zero-order valence-electron chi connectivity index (χ0n) is 9.14. The Morgan fingerprint density at radius 1 is 1.22 bits per heavy atom. The molecule has 0 radical (unpaired) electrons. The van der Waals surface area contributed by atoms with Gasteiger partial charge in [-0.05, 0) is 24.3 Å². The molecule has 18 heavy (non-hydrogen) atoms. The summed E-state index contributed by atoms with van der Waals surface area (Å²) in [6.07, 6.45) is -0.232. The van der Waals surface area contributed by atoms with Crippen molar-refractivity contribution in [2.24, 2.45) is 0 Å². The van der Waals surface area contributed by atoms with Gasteiger partial charge in [-0.3, -0.25) is 4.79 Å². The molecule has 0 atom stereocenters. The highest BCUT2D eigenvalue weighted by atomic mass is 16.4. The van der Waals surface area contributed by atoms with E-state index in [1.807, 2.05) is 0 Å². The van der Waals surface area contributed by atoms with Crippen LogP contribution in [0.15, 0.2) is 28.7 Å². The van der Waals surface area contributed by atoms with Crippen molar-refractivity contribution in [3.05, 3.63) is 35.6 Å². The number of benzene rings is 1. The zero-order chi connectivity index (χ0) is 13.1. The SMILES string of the molecule is O=C(O)CC#Cc1ccc2oc(C(=O)O)cc2c1. The summed E-state index contributed by atoms with van der Waals surface area (Å²) < 4.78 is 5.09. The van der Waals surface area contributed by atoms with Crippen LogP contribution in [-0.4, -0.2) is 22.2 Å². The van der Waals surface area contributed by atoms with Crippen molar-refractivity contribution >= 4 is 22.9 Å². The Labute approximate surface area is 102 Å². The number of hydrogen-bond donors (Lipinski definition) is 2. The van der Waals surface area contributed by atoms with E-state index in [-0.39, 0.29) is 12.2 Å². The van der Waals surface area contributed by atoms with Crippen LogP contribution in [0.5, 0.6) is 0 Å². The molecule has 1 aromatic carbocycles. The van der Waals surface area contributed by atoms with Crippen molar-refractivity contribution in [1.82, 2.24) is 0 Å². The van der Waals surface area contributed by atoms with Crippen molar-refractivity contribution in [2.75, 3.05) is 0 Å². The Balaban J connectivity index is 2.34. The second-order valence-corrected chi connectivity index (χ2v) is 3.54. The van der Waals surface area contributed by atoms with Gasteiger partial charge in [-0.25, -0.2) is 4.79 Å². The van der Waals surface area contributed by atoms with E-state index in [0.29, 0.717) is 16.5 Å². The summed E-state index contributed by atoms with van der Waals surface area (Å²) in [5.74, 6) is 2.93. The molecule has 1 heterocycles. The van der Waals surface area contributed by atoms with E-state index < -0.39 is 11.9 Å². The number of carbonyl (C=O) groups is 2. The Hall–Kier alpha value is -2.74. The highest BCUT2D eigenvalue weighted by molar-refractivity contribution is 5.91. The Morgan fingerprint density at radius 3 is 2.67 bits per heavy atom. The summed E-state index contributed by atoms with van der Waals surface area (Å²) >= 11 is 0. The quantitative estimate of drug-likeness (QED) is 0.788. The summed E-state index contributed by atoms with van der Waals surface area (Å²) in [5.41, 5.74) is 1.07. The predicted octanol–water partition coefficient (Wildman–Crippen LogP) is 1.96. The standard InChI is InChI=1S/C13H8O5/c14-12(15)3-1-2-8-4-5-10-9(6-8)7-11(18-10)13(16)17/h4-7H,3H2,(H,14,15)(H,16,17). The Morgan fingerprint density at radius 2 is 2.00 bits per heavy atom. The second kappa shape index (κ2) is 4.63. The Kier molecular flexibility index (Phi) is 3.02. The van der Waals surface area contributed by atoms with Gasteiger partial charge >= 0.3 is 11.9 Å². The van der Waals surface area contributed by atoms with Crippen LogP contribution in [0.3, 0.4) is 0 Å². The number of aliphatic carboxylic acids is 1. The molecule has 0 saturated carbocycles. The third-order valence-corrected chi connectivity index (χ3v) is 2.20. The van der Waals surface area contributed by atoms with Crippen LogP contribution >= 0.6 is 0 Å². The fourth-order valence-electron chi connectivity index (χ4n) is 1.45. The summed E-state index contributed by atoms with van der Waals surface area (Å²) in [4.78, 5) is 21.0. The molecule has 0 aliphatic heterocycles. The van der Waals surface area contributed by atoms with E-state index in [1.54, 1.807) is 18.2 Å². The van der Waals surface area contributed by atoms with Crippen molar-refractivity contribution in [3.63, 3.8) is 0 Å². The van der Waals surface area contributed by atoms with E-state index in [0.717, 1.165) is 0 Å². The lowest BCUT2D eigenvalue weighted by Gasteiger charge is -1.90. The van der Waals surface area contributed by atoms with Gasteiger partial charge in [0.2, 0.25) is 5.76 Å². The van der Waals surface area contributed by atoms with Crippen molar-refractivity contribution in [2.45, 2.75) is 6.42 Å². The van der Waals surface area contributed by atoms with Crippen LogP contribution in [0, 0.1) is 11.8 Å². The van der Waals surface area contributed by atoms with Crippen LogP contribution < -0.4 is 0 Å². The summed E-state index contributed by atoms with van der Waals surface area (Å²) in [6, 6.07) is 6.30. The maximum Gasteiger partial charge on any atom is 0.371 e. The zero-order valence-corrected chi connectivity index (χ0v) is 9.14. The van der Waals surface area contributed by atoms with Crippen LogP contribution in [0.4, 0.5) is 0 Å². The molecule has 1 aromatic heterocycles. The van der Waals surface area contributed by atoms with Crippen molar-refractivity contribution in [1.29, 1.82) is 0 Å². The van der Waals surface area contributed by atoms with Gasteiger partial charge in [0.1, 0.15) is 12.0 Å². The van der Waals surface area contributed by atoms with Gasteiger partial charge in [-0.2, -0.15) is 0 Å². The lowest BCUT2D eigenvalue weighted by atomic mass is 10.1. The first kappa shape index (κ1) is 11.7. The molecule has 0 aliphatic rings. The molecular formula is C13H8O5. The molecule has 0 spiro atoms. The van der Waals surface area contributed by atoms with Crippen LogP contribution in [0.25, 0.3) is 11.0 Å². The highest BCUT2D eigenvalue weighted by Gasteiger charge is 2.09. The molecule has 2 N–H and O–H groups in total. The third-order valence-electron chi connectivity index (χ3n) is 2.20. The first-order chi connectivity index (χ1) is 8.56. The summed E-state index contributed by atoms with van der Waals surface area (Å²) in [6.45, 7) is 0. The normalized spacial score (nSPS) is 9.78. The average molecular weight is 244 g/mol.